The molecular weight excluding hydrogens is 338 g/mol. The van der Waals surface area contributed by atoms with E-state index >= 15 is 0 Å². The van der Waals surface area contributed by atoms with E-state index in [0.29, 0.717) is 0 Å². The summed E-state index contributed by atoms with van der Waals surface area (Å²) in [4.78, 5) is 9.01. The van der Waals surface area contributed by atoms with Gasteiger partial charge in [0.25, 0.3) is 0 Å². The maximum absolute atomic E-state index is 4.43. The number of aromatic nitrogens is 5. The predicted octanol–water partition coefficient (Wildman–Crippen LogP) is 1.65. The van der Waals surface area contributed by atoms with Crippen molar-refractivity contribution in [1.29, 1.82) is 0 Å². The Morgan fingerprint density at radius 1 is 0.963 bits per heavy atom. The molecule has 0 saturated carbocycles. The third-order valence-corrected chi connectivity index (χ3v) is 5.18. The quantitative estimate of drug-likeness (QED) is 0.664. The number of hydrogen-bond acceptors (Lipinski definition) is 6. The largest absolute Gasteiger partial charge is 0.304 e. The Morgan fingerprint density at radius 3 is 2.44 bits per heavy atom. The van der Waals surface area contributed by atoms with Crippen molar-refractivity contribution in [2.45, 2.75) is 19.0 Å². The minimum Gasteiger partial charge on any atom is -0.304 e. The third-order valence-electron chi connectivity index (χ3n) is 5.18. The van der Waals surface area contributed by atoms with Gasteiger partial charge in [0.1, 0.15) is 0 Å². The number of benzene rings is 1. The Morgan fingerprint density at radius 2 is 1.70 bits per heavy atom. The fourth-order valence-corrected chi connectivity index (χ4v) is 3.60. The van der Waals surface area contributed by atoms with Crippen LogP contribution >= 0.6 is 0 Å². The number of nitrogens with zero attached hydrogens (tertiary/aromatic N) is 7. The van der Waals surface area contributed by atoms with E-state index in [-0.39, 0.29) is 6.04 Å². The van der Waals surface area contributed by atoms with E-state index in [4.69, 9.17) is 0 Å². The maximum atomic E-state index is 4.43. The van der Waals surface area contributed by atoms with Crippen molar-refractivity contribution in [3.05, 3.63) is 71.8 Å². The van der Waals surface area contributed by atoms with Gasteiger partial charge in [0.15, 0.2) is 5.82 Å². The molecule has 0 N–H and O–H groups in total. The molecule has 1 fully saturated rings. The molecule has 1 atom stereocenters. The summed E-state index contributed by atoms with van der Waals surface area (Å²) in [6, 6.07) is 14.7. The molecule has 1 aliphatic heterocycles. The van der Waals surface area contributed by atoms with Gasteiger partial charge in [-0.25, -0.2) is 4.68 Å². The van der Waals surface area contributed by atoms with Crippen molar-refractivity contribution in [2.75, 3.05) is 33.2 Å². The van der Waals surface area contributed by atoms with E-state index in [1.54, 1.807) is 0 Å². The van der Waals surface area contributed by atoms with Crippen LogP contribution in [0.1, 0.15) is 23.0 Å². The molecule has 1 saturated heterocycles. The lowest BCUT2D eigenvalue weighted by Gasteiger charge is -2.37. The summed E-state index contributed by atoms with van der Waals surface area (Å²) < 4.78 is 1.95. The summed E-state index contributed by atoms with van der Waals surface area (Å²) in [5.41, 5.74) is 2.48. The minimum absolute atomic E-state index is 0.0486. The SMILES string of the molecule is CN1CCN(C(c2ccncc2)c2nnnn2CCc2ccccc2)CC1. The average Bonchev–Trinajstić information content (AvgIpc) is 3.18. The molecule has 4 rings (SSSR count). The first kappa shape index (κ1) is 17.8. The molecule has 3 heterocycles. The number of rotatable bonds is 6. The number of tetrazole rings is 1. The highest BCUT2D eigenvalue weighted by Crippen LogP contribution is 2.27. The van der Waals surface area contributed by atoms with Gasteiger partial charge in [-0.2, -0.15) is 0 Å². The minimum atomic E-state index is 0.0486. The van der Waals surface area contributed by atoms with Crippen LogP contribution in [0, 0.1) is 0 Å². The van der Waals surface area contributed by atoms with Crippen molar-refractivity contribution in [2.24, 2.45) is 0 Å². The first-order valence-electron chi connectivity index (χ1n) is 9.44. The molecule has 140 valence electrons. The number of pyridine rings is 1. The van der Waals surface area contributed by atoms with Crippen LogP contribution < -0.4 is 0 Å². The highest BCUT2D eigenvalue weighted by Gasteiger charge is 2.29. The number of likely N-dealkylation sites (N-methyl/N-ethyl adjacent to an activating group) is 1. The summed E-state index contributed by atoms with van der Waals surface area (Å²) >= 11 is 0. The van der Waals surface area contributed by atoms with Gasteiger partial charge in [-0.05, 0) is 47.2 Å². The van der Waals surface area contributed by atoms with Gasteiger partial charge in [-0.3, -0.25) is 9.88 Å². The van der Waals surface area contributed by atoms with E-state index in [1.807, 2.05) is 23.1 Å². The van der Waals surface area contributed by atoms with Gasteiger partial charge < -0.3 is 4.90 Å². The molecule has 0 bridgehead atoms. The van der Waals surface area contributed by atoms with Crippen LogP contribution in [0.5, 0.6) is 0 Å². The fraction of sp³-hybridized carbons (Fsp3) is 0.400. The van der Waals surface area contributed by atoms with Crippen LogP contribution in [0.15, 0.2) is 54.9 Å². The van der Waals surface area contributed by atoms with E-state index < -0.39 is 0 Å². The summed E-state index contributed by atoms with van der Waals surface area (Å²) in [5.74, 6) is 0.904. The maximum Gasteiger partial charge on any atom is 0.173 e. The standard InChI is InChI=1S/C20H25N7/c1-25-13-15-26(16-14-25)19(18-7-10-21-11-8-18)20-22-23-24-27(20)12-9-17-5-3-2-4-6-17/h2-8,10-11,19H,9,12-16H2,1H3. The number of piperazine rings is 1. The Hall–Kier alpha value is -2.64. The normalized spacial score (nSPS) is 17.1. The van der Waals surface area contributed by atoms with Crippen LogP contribution in [0.4, 0.5) is 0 Å². The van der Waals surface area contributed by atoms with Crippen molar-refractivity contribution in [3.8, 4) is 0 Å². The van der Waals surface area contributed by atoms with Crippen molar-refractivity contribution < 1.29 is 0 Å². The second-order valence-electron chi connectivity index (χ2n) is 7.02. The Balaban J connectivity index is 1.60. The van der Waals surface area contributed by atoms with E-state index in [1.165, 1.54) is 11.1 Å². The number of aryl methyl sites for hydroxylation is 2. The Bertz CT molecular complexity index is 826. The fourth-order valence-electron chi connectivity index (χ4n) is 3.60. The zero-order chi connectivity index (χ0) is 18.5. The van der Waals surface area contributed by atoms with Crippen molar-refractivity contribution in [3.63, 3.8) is 0 Å². The molecule has 7 heteroatoms. The zero-order valence-electron chi connectivity index (χ0n) is 15.6. The lowest BCUT2D eigenvalue weighted by molar-refractivity contribution is 0.121. The highest BCUT2D eigenvalue weighted by atomic mass is 15.6. The van der Waals surface area contributed by atoms with Crippen LogP contribution in [0.25, 0.3) is 0 Å². The van der Waals surface area contributed by atoms with Gasteiger partial charge in [0.05, 0.1) is 6.04 Å². The van der Waals surface area contributed by atoms with Gasteiger partial charge in [-0.15, -0.1) is 5.10 Å². The van der Waals surface area contributed by atoms with Crippen LogP contribution in [-0.2, 0) is 13.0 Å². The molecule has 1 unspecified atom stereocenters. The zero-order valence-corrected chi connectivity index (χ0v) is 15.6. The molecule has 1 aliphatic rings. The van der Waals surface area contributed by atoms with E-state index in [9.17, 15) is 0 Å². The van der Waals surface area contributed by atoms with Gasteiger partial charge in [0, 0.05) is 45.1 Å². The van der Waals surface area contributed by atoms with Gasteiger partial charge in [0.2, 0.25) is 0 Å². The average molecular weight is 363 g/mol. The van der Waals surface area contributed by atoms with Crippen LogP contribution in [-0.4, -0.2) is 68.2 Å². The van der Waals surface area contributed by atoms with E-state index in [2.05, 4.69) is 73.8 Å². The number of hydrogen-bond donors (Lipinski definition) is 0. The summed E-state index contributed by atoms with van der Waals surface area (Å²) in [5, 5.41) is 12.7. The molecule has 2 aromatic heterocycles. The monoisotopic (exact) mass is 363 g/mol. The molecule has 0 aliphatic carbocycles. The summed E-state index contributed by atoms with van der Waals surface area (Å²) in [6.45, 7) is 4.85. The van der Waals surface area contributed by atoms with E-state index in [0.717, 1.165) is 45.0 Å². The lowest BCUT2D eigenvalue weighted by atomic mass is 10.0. The third kappa shape index (κ3) is 4.20. The van der Waals surface area contributed by atoms with Gasteiger partial charge >= 0.3 is 0 Å². The molecule has 0 spiro atoms. The smallest absolute Gasteiger partial charge is 0.173 e. The summed E-state index contributed by atoms with van der Waals surface area (Å²) in [7, 11) is 2.17. The van der Waals surface area contributed by atoms with Crippen LogP contribution in [0.3, 0.4) is 0 Å². The molecule has 0 amide bonds. The second kappa shape index (κ2) is 8.37. The van der Waals surface area contributed by atoms with Crippen molar-refractivity contribution >= 4 is 0 Å². The molecule has 1 aromatic carbocycles. The first-order valence-corrected chi connectivity index (χ1v) is 9.44. The van der Waals surface area contributed by atoms with Gasteiger partial charge in [-0.1, -0.05) is 30.3 Å². The van der Waals surface area contributed by atoms with Crippen LogP contribution in [0.2, 0.25) is 0 Å². The predicted molar refractivity (Wildman–Crippen MR) is 103 cm³/mol. The second-order valence-corrected chi connectivity index (χ2v) is 7.02. The highest BCUT2D eigenvalue weighted by molar-refractivity contribution is 5.23. The van der Waals surface area contributed by atoms with Crippen molar-refractivity contribution in [1.82, 2.24) is 35.0 Å². The molecule has 0 radical (unpaired) electrons. The lowest BCUT2D eigenvalue weighted by Crippen LogP contribution is -2.46. The molecule has 7 nitrogen and oxygen atoms in total. The Kier molecular flexibility index (Phi) is 5.50. The molecular formula is C20H25N7. The first-order chi connectivity index (χ1) is 13.3. The summed E-state index contributed by atoms with van der Waals surface area (Å²) in [6.07, 6.45) is 4.59. The molecule has 27 heavy (non-hydrogen) atoms. The topological polar surface area (TPSA) is 63.0 Å². The molecule has 3 aromatic rings. The Labute approximate surface area is 159 Å².